The quantitative estimate of drug-likeness (QED) is 0.0889. The molecule has 2 heteroatoms. The second-order valence-electron chi connectivity index (χ2n) is 19.3. The Bertz CT molecular complexity index is 4090. The fourth-order valence-corrected chi connectivity index (χ4v) is 10.9. The summed E-state index contributed by atoms with van der Waals surface area (Å²) in [6.45, 7) is 0. The fourth-order valence-electron chi connectivity index (χ4n) is 10.9. The van der Waals surface area contributed by atoms with Crippen molar-refractivity contribution in [1.82, 2.24) is 0 Å². The van der Waals surface area contributed by atoms with E-state index in [1.165, 1.54) is 82.4 Å². The first-order valence-electron chi connectivity index (χ1n) is 26.1. The van der Waals surface area contributed by atoms with Gasteiger partial charge in [0.15, 0.2) is 0 Å². The van der Waals surface area contributed by atoms with Crippen molar-refractivity contribution in [2.24, 2.45) is 0 Å². The van der Waals surface area contributed by atoms with Gasteiger partial charge in [-0.15, -0.1) is 0 Å². The van der Waals surface area contributed by atoms with Crippen LogP contribution >= 0.6 is 0 Å². The van der Waals surface area contributed by atoms with Gasteiger partial charge in [0, 0.05) is 34.1 Å². The van der Waals surface area contributed by atoms with Crippen molar-refractivity contribution in [3.05, 3.63) is 314 Å². The monoisotopic (exact) mass is 968 g/mol. The van der Waals surface area contributed by atoms with E-state index in [4.69, 9.17) is 0 Å². The summed E-state index contributed by atoms with van der Waals surface area (Å²) < 4.78 is 0. The molecule has 0 saturated heterocycles. The first-order valence-corrected chi connectivity index (χ1v) is 26.1. The maximum Gasteiger partial charge on any atom is 0.0462 e. The van der Waals surface area contributed by atoms with Crippen molar-refractivity contribution in [1.29, 1.82) is 0 Å². The Balaban J connectivity index is 0.935. The van der Waals surface area contributed by atoms with E-state index in [1.54, 1.807) is 0 Å². The van der Waals surface area contributed by atoms with Crippen LogP contribution in [0.4, 0.5) is 34.1 Å². The van der Waals surface area contributed by atoms with Crippen molar-refractivity contribution in [2.45, 2.75) is 0 Å². The minimum absolute atomic E-state index is 1.10. The van der Waals surface area contributed by atoms with Crippen LogP contribution in [0.3, 0.4) is 0 Å². The molecule has 0 unspecified atom stereocenters. The Morgan fingerprint density at radius 3 is 1.00 bits per heavy atom. The third-order valence-corrected chi connectivity index (χ3v) is 14.6. The Morgan fingerprint density at radius 2 is 0.526 bits per heavy atom. The molecule has 13 rings (SSSR count). The highest BCUT2D eigenvalue weighted by molar-refractivity contribution is 6.22. The minimum atomic E-state index is 1.10. The second kappa shape index (κ2) is 20.5. The molecule has 0 radical (unpaired) electrons. The van der Waals surface area contributed by atoms with Crippen molar-refractivity contribution in [3.8, 4) is 44.5 Å². The molecule has 0 N–H and O–H groups in total. The van der Waals surface area contributed by atoms with Crippen molar-refractivity contribution in [3.63, 3.8) is 0 Å². The van der Waals surface area contributed by atoms with Gasteiger partial charge in [-0.05, 0) is 185 Å². The van der Waals surface area contributed by atoms with E-state index in [0.29, 0.717) is 0 Å². The Labute approximate surface area is 445 Å². The van der Waals surface area contributed by atoms with Crippen LogP contribution in [-0.2, 0) is 0 Å². The third-order valence-electron chi connectivity index (χ3n) is 14.6. The van der Waals surface area contributed by atoms with Gasteiger partial charge >= 0.3 is 0 Å². The number of hydrogen-bond donors (Lipinski definition) is 0. The molecule has 0 aromatic heterocycles. The van der Waals surface area contributed by atoms with Gasteiger partial charge in [-0.3, -0.25) is 0 Å². The van der Waals surface area contributed by atoms with Crippen LogP contribution in [0, 0.1) is 0 Å². The molecule has 0 aliphatic carbocycles. The molecule has 76 heavy (non-hydrogen) atoms. The van der Waals surface area contributed by atoms with Gasteiger partial charge in [0.05, 0.1) is 0 Å². The number of benzene rings is 13. The van der Waals surface area contributed by atoms with Crippen LogP contribution in [0.2, 0.25) is 0 Å². The average molecular weight is 969 g/mol. The van der Waals surface area contributed by atoms with Gasteiger partial charge in [-0.1, -0.05) is 218 Å². The van der Waals surface area contributed by atoms with E-state index < -0.39 is 0 Å². The molecule has 0 fully saturated rings. The number of anilines is 6. The summed E-state index contributed by atoms with van der Waals surface area (Å²) in [5.74, 6) is 0. The molecule has 0 saturated carbocycles. The lowest BCUT2D eigenvalue weighted by atomic mass is 9.84. The molecular weight excluding hydrogens is 917 g/mol. The lowest BCUT2D eigenvalue weighted by Crippen LogP contribution is -2.09. The number of fused-ring (bicyclic) bond motifs is 3. The highest BCUT2D eigenvalue weighted by Gasteiger charge is 2.20. The van der Waals surface area contributed by atoms with E-state index >= 15 is 0 Å². The molecule has 358 valence electrons. The average Bonchev–Trinajstić information content (AvgIpc) is 3.60. The third kappa shape index (κ3) is 9.10. The molecule has 2 nitrogen and oxygen atoms in total. The normalized spacial score (nSPS) is 11.4. The van der Waals surface area contributed by atoms with Gasteiger partial charge in [0.1, 0.15) is 0 Å². The number of para-hydroxylation sites is 4. The largest absolute Gasteiger partial charge is 0.311 e. The minimum Gasteiger partial charge on any atom is -0.311 e. The van der Waals surface area contributed by atoms with E-state index in [9.17, 15) is 0 Å². The number of rotatable bonds is 12. The van der Waals surface area contributed by atoms with E-state index in [-0.39, 0.29) is 0 Å². The van der Waals surface area contributed by atoms with Gasteiger partial charge in [-0.25, -0.2) is 0 Å². The smallest absolute Gasteiger partial charge is 0.0462 e. The molecule has 0 amide bonds. The van der Waals surface area contributed by atoms with Crippen LogP contribution in [-0.4, -0.2) is 0 Å². The van der Waals surface area contributed by atoms with E-state index in [2.05, 4.69) is 325 Å². The van der Waals surface area contributed by atoms with Gasteiger partial charge in [0.25, 0.3) is 0 Å². The summed E-state index contributed by atoms with van der Waals surface area (Å²) in [7, 11) is 0. The van der Waals surface area contributed by atoms with E-state index in [1.807, 2.05) is 0 Å². The molecule has 13 aromatic carbocycles. The highest BCUT2D eigenvalue weighted by atomic mass is 15.1. The SMILES string of the molecule is C(=C/c1cccc(-c2ccc3cc(-c4ccc5c(-c6ccc(N(c7ccccc7)c7ccccc7)cc6)c6ccccc6c(-c6ccc(N(c7ccccc7)c7ccccc7)cc6)c5c4)ccc3c2)c1)/c1ccccc1. The van der Waals surface area contributed by atoms with Crippen molar-refractivity contribution >= 4 is 78.6 Å². The van der Waals surface area contributed by atoms with Gasteiger partial charge in [-0.2, -0.15) is 0 Å². The van der Waals surface area contributed by atoms with Crippen LogP contribution in [0.15, 0.2) is 303 Å². The molecule has 0 aliphatic heterocycles. The molecule has 0 spiro atoms. The van der Waals surface area contributed by atoms with Crippen LogP contribution in [0.1, 0.15) is 11.1 Å². The molecule has 0 aliphatic rings. The van der Waals surface area contributed by atoms with Crippen LogP contribution < -0.4 is 9.80 Å². The van der Waals surface area contributed by atoms with Gasteiger partial charge < -0.3 is 9.80 Å². The summed E-state index contributed by atoms with van der Waals surface area (Å²) in [6.07, 6.45) is 4.36. The predicted octanol–water partition coefficient (Wildman–Crippen LogP) is 20.9. The van der Waals surface area contributed by atoms with E-state index in [0.717, 1.165) is 39.7 Å². The summed E-state index contributed by atoms with van der Waals surface area (Å²) in [5, 5.41) is 7.26. The molecule has 0 bridgehead atoms. The zero-order valence-electron chi connectivity index (χ0n) is 41.9. The van der Waals surface area contributed by atoms with Crippen LogP contribution in [0.25, 0.3) is 89.0 Å². The predicted molar refractivity (Wildman–Crippen MR) is 325 cm³/mol. The number of hydrogen-bond acceptors (Lipinski definition) is 2. The van der Waals surface area contributed by atoms with Crippen LogP contribution in [0.5, 0.6) is 0 Å². The standard InChI is InChI=1S/C74H52N2/c1-6-19-53(20-7-1)33-34-54-21-18-22-57(49-54)58-35-36-60-51-61(38-37-59(60)50-58)62-43-48-71-72(52-62)74(56-41-46-68(47-42-56)76(65-27-12-4-13-28-65)66-29-14-5-15-30-66)70-32-17-16-31-69(70)73(71)55-39-44-67(45-40-55)75(63-23-8-2-9-24-63)64-25-10-3-11-26-64/h1-52H/b34-33-. The molecule has 0 atom stereocenters. The Hall–Kier alpha value is -10.0. The molecule has 13 aromatic rings. The van der Waals surface area contributed by atoms with Crippen molar-refractivity contribution in [2.75, 3.05) is 9.80 Å². The fraction of sp³-hybridized carbons (Fsp3) is 0. The van der Waals surface area contributed by atoms with Gasteiger partial charge in [0.2, 0.25) is 0 Å². The molecular formula is C74H52N2. The maximum absolute atomic E-state index is 2.43. The zero-order chi connectivity index (χ0) is 50.6. The summed E-state index contributed by atoms with van der Waals surface area (Å²) >= 11 is 0. The Morgan fingerprint density at radius 1 is 0.197 bits per heavy atom. The number of nitrogens with zero attached hydrogens (tertiary/aromatic N) is 2. The lowest BCUT2D eigenvalue weighted by molar-refractivity contribution is 1.28. The lowest BCUT2D eigenvalue weighted by Gasteiger charge is -2.26. The first kappa shape index (κ1) is 45.8. The first-order chi connectivity index (χ1) is 37.7. The zero-order valence-corrected chi connectivity index (χ0v) is 41.9. The maximum atomic E-state index is 2.43. The molecule has 0 heterocycles. The summed E-state index contributed by atoms with van der Waals surface area (Å²) in [6, 6.07) is 110. The Kier molecular flexibility index (Phi) is 12.3. The van der Waals surface area contributed by atoms with Crippen molar-refractivity contribution < 1.29 is 0 Å². The summed E-state index contributed by atoms with van der Waals surface area (Å²) in [5.41, 5.74) is 18.5. The second-order valence-corrected chi connectivity index (χ2v) is 19.3. The summed E-state index contributed by atoms with van der Waals surface area (Å²) in [4.78, 5) is 4.65. The topological polar surface area (TPSA) is 6.48 Å². The highest BCUT2D eigenvalue weighted by Crippen LogP contribution is 2.47.